The van der Waals surface area contributed by atoms with Gasteiger partial charge in [0.1, 0.15) is 0 Å². The molecule has 2 nitrogen and oxygen atoms in total. The van der Waals surface area contributed by atoms with Gasteiger partial charge < -0.3 is 5.73 Å². The van der Waals surface area contributed by atoms with Gasteiger partial charge in [0.05, 0.1) is 0 Å². The lowest BCUT2D eigenvalue weighted by Gasteiger charge is -2.13. The van der Waals surface area contributed by atoms with Crippen LogP contribution in [0, 0.1) is 6.92 Å². The molecule has 0 amide bonds. The summed E-state index contributed by atoms with van der Waals surface area (Å²) in [6.45, 7) is 1.98. The largest absolute Gasteiger partial charge is 0.324 e. The van der Waals surface area contributed by atoms with E-state index in [2.05, 4.69) is 20.9 Å². The third-order valence-electron chi connectivity index (χ3n) is 2.84. The maximum atomic E-state index is 6.19. The molecule has 2 aromatic rings. The van der Waals surface area contributed by atoms with Gasteiger partial charge in [0.15, 0.2) is 0 Å². The molecule has 4 heteroatoms. The number of nitrogens with two attached hydrogens (primary N) is 1. The molecule has 1 heterocycles. The molecule has 0 saturated carbocycles. The minimum absolute atomic E-state index is 0.0702. The van der Waals surface area contributed by atoms with Gasteiger partial charge in [-0.25, -0.2) is 0 Å². The first-order valence-electron chi connectivity index (χ1n) is 5.67. The molecule has 1 aromatic heterocycles. The molecular formula is C14H14BrClN2. The van der Waals surface area contributed by atoms with E-state index in [1.165, 1.54) is 0 Å². The van der Waals surface area contributed by atoms with Gasteiger partial charge in [0.25, 0.3) is 0 Å². The van der Waals surface area contributed by atoms with Gasteiger partial charge in [-0.1, -0.05) is 23.7 Å². The van der Waals surface area contributed by atoms with Crippen LogP contribution in [0.1, 0.15) is 22.7 Å². The maximum Gasteiger partial charge on any atom is 0.0438 e. The van der Waals surface area contributed by atoms with E-state index >= 15 is 0 Å². The van der Waals surface area contributed by atoms with Crippen LogP contribution in [0.15, 0.2) is 41.1 Å². The Morgan fingerprint density at radius 3 is 2.78 bits per heavy atom. The van der Waals surface area contributed by atoms with Crippen molar-refractivity contribution in [3.05, 3.63) is 62.8 Å². The van der Waals surface area contributed by atoms with Crippen molar-refractivity contribution in [2.24, 2.45) is 5.73 Å². The van der Waals surface area contributed by atoms with Gasteiger partial charge in [-0.15, -0.1) is 0 Å². The molecule has 0 saturated heterocycles. The summed E-state index contributed by atoms with van der Waals surface area (Å²) in [5.74, 6) is 0. The molecule has 0 radical (unpaired) electrons. The van der Waals surface area contributed by atoms with Crippen molar-refractivity contribution in [1.29, 1.82) is 0 Å². The van der Waals surface area contributed by atoms with Crippen molar-refractivity contribution >= 4 is 27.5 Å². The van der Waals surface area contributed by atoms with E-state index in [4.69, 9.17) is 17.3 Å². The van der Waals surface area contributed by atoms with Crippen LogP contribution in [0.4, 0.5) is 0 Å². The van der Waals surface area contributed by atoms with Gasteiger partial charge in [0, 0.05) is 27.9 Å². The molecule has 1 aromatic carbocycles. The quantitative estimate of drug-likeness (QED) is 0.924. The fraction of sp³-hybridized carbons (Fsp3) is 0.214. The highest BCUT2D eigenvalue weighted by Gasteiger charge is 2.09. The van der Waals surface area contributed by atoms with Gasteiger partial charge in [-0.3, -0.25) is 4.98 Å². The van der Waals surface area contributed by atoms with Gasteiger partial charge in [-0.2, -0.15) is 0 Å². The monoisotopic (exact) mass is 324 g/mol. The predicted octanol–water partition coefficient (Wildman–Crippen LogP) is 4.05. The third kappa shape index (κ3) is 3.31. The lowest BCUT2D eigenvalue weighted by atomic mass is 10.00. The van der Waals surface area contributed by atoms with Crippen LogP contribution in [0.3, 0.4) is 0 Å². The molecule has 94 valence electrons. The fourth-order valence-corrected chi connectivity index (χ4v) is 2.38. The summed E-state index contributed by atoms with van der Waals surface area (Å²) in [4.78, 5) is 4.13. The number of aromatic nitrogens is 1. The summed E-state index contributed by atoms with van der Waals surface area (Å²) < 4.78 is 0.967. The lowest BCUT2D eigenvalue weighted by Crippen LogP contribution is -2.13. The summed E-state index contributed by atoms with van der Waals surface area (Å²) in [6.07, 6.45) is 4.34. The van der Waals surface area contributed by atoms with Crippen molar-refractivity contribution in [1.82, 2.24) is 4.98 Å². The first-order valence-corrected chi connectivity index (χ1v) is 6.84. The molecule has 1 atom stereocenters. The second-order valence-electron chi connectivity index (χ2n) is 4.33. The molecule has 0 aliphatic carbocycles. The smallest absolute Gasteiger partial charge is 0.0438 e. The molecule has 0 aliphatic heterocycles. The Labute approximate surface area is 120 Å². The normalized spacial score (nSPS) is 12.4. The van der Waals surface area contributed by atoms with Crippen LogP contribution >= 0.6 is 27.5 Å². The average molecular weight is 326 g/mol. The molecule has 0 spiro atoms. The molecule has 2 N–H and O–H groups in total. The molecule has 1 unspecified atom stereocenters. The Bertz CT molecular complexity index is 557. The Balaban J connectivity index is 2.16. The van der Waals surface area contributed by atoms with E-state index in [1.807, 2.05) is 37.4 Å². The molecule has 18 heavy (non-hydrogen) atoms. The van der Waals surface area contributed by atoms with Crippen LogP contribution in [-0.4, -0.2) is 4.98 Å². The van der Waals surface area contributed by atoms with Crippen molar-refractivity contribution in [3.8, 4) is 0 Å². The Kier molecular flexibility index (Phi) is 4.38. The van der Waals surface area contributed by atoms with Crippen molar-refractivity contribution in [2.45, 2.75) is 19.4 Å². The van der Waals surface area contributed by atoms with Crippen molar-refractivity contribution < 1.29 is 0 Å². The first kappa shape index (κ1) is 13.5. The summed E-state index contributed by atoms with van der Waals surface area (Å²) in [5, 5.41) is 0.760. The van der Waals surface area contributed by atoms with E-state index in [0.717, 1.165) is 32.6 Å². The van der Waals surface area contributed by atoms with Crippen LogP contribution in [0.5, 0.6) is 0 Å². The minimum Gasteiger partial charge on any atom is -0.324 e. The second kappa shape index (κ2) is 5.83. The molecule has 0 fully saturated rings. The molecule has 0 bridgehead atoms. The zero-order valence-corrected chi connectivity index (χ0v) is 12.4. The second-order valence-corrected chi connectivity index (χ2v) is 5.65. The highest BCUT2D eigenvalue weighted by atomic mass is 79.9. The number of rotatable bonds is 3. The number of nitrogens with zero attached hydrogens (tertiary/aromatic N) is 1. The van der Waals surface area contributed by atoms with Gasteiger partial charge >= 0.3 is 0 Å². The highest BCUT2D eigenvalue weighted by molar-refractivity contribution is 9.10. The van der Waals surface area contributed by atoms with E-state index in [9.17, 15) is 0 Å². The molecule has 0 aliphatic rings. The Morgan fingerprint density at radius 1 is 1.33 bits per heavy atom. The van der Waals surface area contributed by atoms with E-state index in [1.54, 1.807) is 6.20 Å². The minimum atomic E-state index is -0.0702. The van der Waals surface area contributed by atoms with Crippen molar-refractivity contribution in [3.63, 3.8) is 0 Å². The van der Waals surface area contributed by atoms with Crippen LogP contribution in [-0.2, 0) is 6.42 Å². The summed E-state index contributed by atoms with van der Waals surface area (Å²) in [6, 6.07) is 7.92. The number of pyridine rings is 1. The average Bonchev–Trinajstić information content (AvgIpc) is 2.32. The summed E-state index contributed by atoms with van der Waals surface area (Å²) in [5.41, 5.74) is 9.41. The van der Waals surface area contributed by atoms with Gasteiger partial charge in [-0.05, 0) is 58.1 Å². The zero-order chi connectivity index (χ0) is 13.1. The summed E-state index contributed by atoms with van der Waals surface area (Å²) >= 11 is 9.52. The van der Waals surface area contributed by atoms with Crippen LogP contribution in [0.2, 0.25) is 5.02 Å². The van der Waals surface area contributed by atoms with E-state index < -0.39 is 0 Å². The Morgan fingerprint density at radius 2 is 2.11 bits per heavy atom. The molecular weight excluding hydrogens is 312 g/mol. The standard InChI is InChI=1S/C14H14BrClN2/c1-9-2-3-11(6-13(9)16)14(17)5-10-4-12(15)8-18-7-10/h2-4,6-8,14H,5,17H2,1H3. The topological polar surface area (TPSA) is 38.9 Å². The summed E-state index contributed by atoms with van der Waals surface area (Å²) in [7, 11) is 0. The zero-order valence-electron chi connectivity index (χ0n) is 10.0. The third-order valence-corrected chi connectivity index (χ3v) is 3.68. The lowest BCUT2D eigenvalue weighted by molar-refractivity contribution is 0.719. The fourth-order valence-electron chi connectivity index (χ4n) is 1.78. The first-order chi connectivity index (χ1) is 8.56. The number of hydrogen-bond acceptors (Lipinski definition) is 2. The SMILES string of the molecule is Cc1ccc(C(N)Cc2cncc(Br)c2)cc1Cl. The predicted molar refractivity (Wildman–Crippen MR) is 78.8 cm³/mol. The van der Waals surface area contributed by atoms with E-state index in [-0.39, 0.29) is 6.04 Å². The van der Waals surface area contributed by atoms with Gasteiger partial charge in [0.2, 0.25) is 0 Å². The Hall–Kier alpha value is -0.900. The van der Waals surface area contributed by atoms with Crippen LogP contribution < -0.4 is 5.73 Å². The number of aryl methyl sites for hydroxylation is 1. The highest BCUT2D eigenvalue weighted by Crippen LogP contribution is 2.23. The molecule has 2 rings (SSSR count). The van der Waals surface area contributed by atoms with E-state index in [0.29, 0.717) is 0 Å². The number of halogens is 2. The number of benzene rings is 1. The maximum absolute atomic E-state index is 6.19. The number of hydrogen-bond donors (Lipinski definition) is 1. The van der Waals surface area contributed by atoms with Crippen molar-refractivity contribution in [2.75, 3.05) is 0 Å². The van der Waals surface area contributed by atoms with Crippen LogP contribution in [0.25, 0.3) is 0 Å².